The summed E-state index contributed by atoms with van der Waals surface area (Å²) >= 11 is 0. The number of nitrogens with one attached hydrogen (secondary N) is 1. The minimum Gasteiger partial charge on any atom is -0.492 e. The van der Waals surface area contributed by atoms with Crippen molar-refractivity contribution in [1.82, 2.24) is 5.32 Å². The molecule has 0 spiro atoms. The quantitative estimate of drug-likeness (QED) is 0.779. The molecule has 0 radical (unpaired) electrons. The first kappa shape index (κ1) is 15.4. The van der Waals surface area contributed by atoms with Crippen LogP contribution in [0.2, 0.25) is 0 Å². The van der Waals surface area contributed by atoms with Crippen LogP contribution in [0.1, 0.15) is 57.9 Å². The van der Waals surface area contributed by atoms with Gasteiger partial charge in [-0.3, -0.25) is 0 Å². The number of hydrogen-bond donors (Lipinski definition) is 1. The Labute approximate surface area is 123 Å². The molecule has 1 aromatic rings. The highest BCUT2D eigenvalue weighted by Crippen LogP contribution is 2.23. The summed E-state index contributed by atoms with van der Waals surface area (Å²) in [6.45, 7) is 8.49. The highest BCUT2D eigenvalue weighted by Gasteiger charge is 2.17. The third-order valence-corrected chi connectivity index (χ3v) is 4.26. The van der Waals surface area contributed by atoms with Gasteiger partial charge in [0, 0.05) is 12.6 Å². The zero-order chi connectivity index (χ0) is 14.4. The van der Waals surface area contributed by atoms with Gasteiger partial charge < -0.3 is 10.1 Å². The Hall–Kier alpha value is -1.02. The van der Waals surface area contributed by atoms with E-state index in [1.807, 2.05) is 0 Å². The van der Waals surface area contributed by atoms with Gasteiger partial charge in [-0.15, -0.1) is 0 Å². The van der Waals surface area contributed by atoms with Crippen LogP contribution in [0.5, 0.6) is 5.75 Å². The Bertz CT molecular complexity index is 402. The lowest BCUT2D eigenvalue weighted by Crippen LogP contribution is -2.36. The van der Waals surface area contributed by atoms with E-state index in [0.717, 1.165) is 24.8 Å². The highest BCUT2D eigenvalue weighted by molar-refractivity contribution is 5.30. The van der Waals surface area contributed by atoms with Crippen LogP contribution in [0.25, 0.3) is 0 Å². The lowest BCUT2D eigenvalue weighted by Gasteiger charge is -2.27. The van der Waals surface area contributed by atoms with E-state index in [2.05, 4.69) is 50.4 Å². The van der Waals surface area contributed by atoms with Crippen LogP contribution in [-0.2, 0) is 0 Å². The maximum Gasteiger partial charge on any atom is 0.119 e. The topological polar surface area (TPSA) is 21.3 Å². The van der Waals surface area contributed by atoms with Gasteiger partial charge in [0.1, 0.15) is 12.4 Å². The zero-order valence-electron chi connectivity index (χ0n) is 13.2. The summed E-state index contributed by atoms with van der Waals surface area (Å²) in [5, 5.41) is 3.63. The zero-order valence-corrected chi connectivity index (χ0v) is 13.2. The average molecular weight is 275 g/mol. The van der Waals surface area contributed by atoms with Gasteiger partial charge >= 0.3 is 0 Å². The van der Waals surface area contributed by atoms with Crippen molar-refractivity contribution in [1.29, 1.82) is 0 Å². The molecule has 1 fully saturated rings. The van der Waals surface area contributed by atoms with Crippen LogP contribution in [0.15, 0.2) is 24.3 Å². The maximum absolute atomic E-state index is 5.85. The van der Waals surface area contributed by atoms with Gasteiger partial charge in [-0.05, 0) is 42.4 Å². The van der Waals surface area contributed by atoms with E-state index in [-0.39, 0.29) is 0 Å². The van der Waals surface area contributed by atoms with E-state index < -0.39 is 0 Å². The molecule has 2 heteroatoms. The van der Waals surface area contributed by atoms with Crippen LogP contribution in [0, 0.1) is 5.92 Å². The Morgan fingerprint density at radius 3 is 2.90 bits per heavy atom. The standard InChI is InChI=1S/C18H29NO/c1-14(2)16-7-5-9-18(13-16)20-11-10-19-17-8-4-6-15(3)12-17/h5,7,9,13-15,17,19H,4,6,8,10-12H2,1-3H3. The molecule has 1 saturated carbocycles. The summed E-state index contributed by atoms with van der Waals surface area (Å²) < 4.78 is 5.85. The third-order valence-electron chi connectivity index (χ3n) is 4.26. The molecule has 2 rings (SSSR count). The molecule has 0 bridgehead atoms. The van der Waals surface area contributed by atoms with Crippen molar-refractivity contribution in [3.8, 4) is 5.75 Å². The van der Waals surface area contributed by atoms with E-state index in [1.165, 1.54) is 31.2 Å². The van der Waals surface area contributed by atoms with Gasteiger partial charge in [-0.1, -0.05) is 45.7 Å². The Kier molecular flexibility index (Phi) is 5.90. The first-order chi connectivity index (χ1) is 9.65. The molecule has 1 aromatic carbocycles. The van der Waals surface area contributed by atoms with Crippen molar-refractivity contribution < 1.29 is 4.74 Å². The van der Waals surface area contributed by atoms with Gasteiger partial charge in [-0.25, -0.2) is 0 Å². The molecule has 0 heterocycles. The van der Waals surface area contributed by atoms with Gasteiger partial charge in [0.15, 0.2) is 0 Å². The van der Waals surface area contributed by atoms with E-state index in [9.17, 15) is 0 Å². The summed E-state index contributed by atoms with van der Waals surface area (Å²) in [5.41, 5.74) is 1.34. The molecule has 1 aliphatic carbocycles. The molecule has 0 aromatic heterocycles. The van der Waals surface area contributed by atoms with E-state index in [4.69, 9.17) is 4.74 Å². The molecule has 1 aliphatic rings. The summed E-state index contributed by atoms with van der Waals surface area (Å²) in [5.74, 6) is 2.43. The normalized spacial score (nSPS) is 23.0. The first-order valence-corrected chi connectivity index (χ1v) is 8.11. The fourth-order valence-corrected chi connectivity index (χ4v) is 3.01. The van der Waals surface area contributed by atoms with E-state index >= 15 is 0 Å². The SMILES string of the molecule is CC1CCCC(NCCOc2cccc(C(C)C)c2)C1. The van der Waals surface area contributed by atoms with Gasteiger partial charge in [0.05, 0.1) is 0 Å². The fraction of sp³-hybridized carbons (Fsp3) is 0.667. The molecule has 0 amide bonds. The smallest absolute Gasteiger partial charge is 0.119 e. The van der Waals surface area contributed by atoms with Crippen molar-refractivity contribution in [3.05, 3.63) is 29.8 Å². The highest BCUT2D eigenvalue weighted by atomic mass is 16.5. The molecule has 2 nitrogen and oxygen atoms in total. The van der Waals surface area contributed by atoms with Crippen molar-refractivity contribution in [2.45, 2.75) is 58.4 Å². The van der Waals surface area contributed by atoms with E-state index in [0.29, 0.717) is 12.0 Å². The molecule has 1 N–H and O–H groups in total. The molecular formula is C18H29NO. The van der Waals surface area contributed by atoms with Gasteiger partial charge in [0.2, 0.25) is 0 Å². The van der Waals surface area contributed by atoms with Crippen molar-refractivity contribution in [3.63, 3.8) is 0 Å². The van der Waals surface area contributed by atoms with Crippen molar-refractivity contribution >= 4 is 0 Å². The predicted octanol–water partition coefficient (Wildman–Crippen LogP) is 4.36. The molecule has 20 heavy (non-hydrogen) atoms. The summed E-state index contributed by atoms with van der Waals surface area (Å²) in [4.78, 5) is 0. The molecule has 0 saturated heterocycles. The largest absolute Gasteiger partial charge is 0.492 e. The molecule has 112 valence electrons. The number of rotatable bonds is 6. The Morgan fingerprint density at radius 2 is 2.15 bits per heavy atom. The number of hydrogen-bond acceptors (Lipinski definition) is 2. The van der Waals surface area contributed by atoms with Crippen LogP contribution < -0.4 is 10.1 Å². The van der Waals surface area contributed by atoms with Crippen molar-refractivity contribution in [2.75, 3.05) is 13.2 Å². The van der Waals surface area contributed by atoms with Crippen LogP contribution >= 0.6 is 0 Å². The monoisotopic (exact) mass is 275 g/mol. The number of benzene rings is 1. The molecular weight excluding hydrogens is 246 g/mol. The summed E-state index contributed by atoms with van der Waals surface area (Å²) in [6.07, 6.45) is 5.42. The third kappa shape index (κ3) is 4.82. The average Bonchev–Trinajstić information content (AvgIpc) is 2.44. The minimum absolute atomic E-state index is 0.556. The van der Waals surface area contributed by atoms with Crippen molar-refractivity contribution in [2.24, 2.45) is 5.92 Å². The first-order valence-electron chi connectivity index (χ1n) is 8.11. The predicted molar refractivity (Wildman–Crippen MR) is 85.4 cm³/mol. The second-order valence-corrected chi connectivity index (χ2v) is 6.50. The molecule has 0 aliphatic heterocycles. The maximum atomic E-state index is 5.85. The van der Waals surface area contributed by atoms with Gasteiger partial charge in [-0.2, -0.15) is 0 Å². The number of ether oxygens (including phenoxy) is 1. The summed E-state index contributed by atoms with van der Waals surface area (Å²) in [7, 11) is 0. The molecule has 2 atom stereocenters. The van der Waals surface area contributed by atoms with Crippen LogP contribution in [0.4, 0.5) is 0 Å². The second kappa shape index (κ2) is 7.68. The molecule has 2 unspecified atom stereocenters. The Balaban J connectivity index is 1.69. The van der Waals surface area contributed by atoms with Gasteiger partial charge in [0.25, 0.3) is 0 Å². The van der Waals surface area contributed by atoms with Crippen LogP contribution in [0.3, 0.4) is 0 Å². The minimum atomic E-state index is 0.556. The summed E-state index contributed by atoms with van der Waals surface area (Å²) in [6, 6.07) is 9.16. The lowest BCUT2D eigenvalue weighted by molar-refractivity contribution is 0.266. The second-order valence-electron chi connectivity index (χ2n) is 6.50. The van der Waals surface area contributed by atoms with E-state index in [1.54, 1.807) is 0 Å². The Morgan fingerprint density at radius 1 is 1.30 bits per heavy atom. The van der Waals surface area contributed by atoms with Crippen LogP contribution in [-0.4, -0.2) is 19.2 Å². The lowest BCUT2D eigenvalue weighted by atomic mass is 9.87. The fourth-order valence-electron chi connectivity index (χ4n) is 3.01.